The Morgan fingerprint density at radius 3 is 2.55 bits per heavy atom. The molecule has 1 heterocycles. The molecule has 29 heavy (non-hydrogen) atoms. The monoisotopic (exact) mass is 403 g/mol. The molecule has 0 aliphatic rings. The predicted octanol–water partition coefficient (Wildman–Crippen LogP) is 3.03. The van der Waals surface area contributed by atoms with Gasteiger partial charge < -0.3 is 24.9 Å². The van der Waals surface area contributed by atoms with Gasteiger partial charge in [0.25, 0.3) is 5.91 Å². The first kappa shape index (κ1) is 20.3. The molecule has 3 N–H and O–H groups in total. The molecule has 3 rings (SSSR count). The molecule has 0 saturated carbocycles. The Bertz CT molecular complexity index is 1040. The van der Waals surface area contributed by atoms with Crippen molar-refractivity contribution < 1.29 is 27.5 Å². The molecule has 2 aromatic carbocycles. The highest BCUT2D eigenvalue weighted by molar-refractivity contribution is 5.93. The zero-order valence-electron chi connectivity index (χ0n) is 15.8. The molecule has 3 aromatic rings. The molecule has 152 valence electrons. The van der Waals surface area contributed by atoms with Crippen molar-refractivity contribution in [3.63, 3.8) is 0 Å². The highest BCUT2D eigenvalue weighted by Crippen LogP contribution is 2.32. The van der Waals surface area contributed by atoms with E-state index in [0.29, 0.717) is 17.1 Å². The number of rotatable bonds is 7. The van der Waals surface area contributed by atoms with Crippen LogP contribution in [0, 0.1) is 11.6 Å². The molecule has 1 aromatic heterocycles. The third-order valence-corrected chi connectivity index (χ3v) is 4.18. The third-order valence-electron chi connectivity index (χ3n) is 4.18. The molecule has 0 fully saturated rings. The van der Waals surface area contributed by atoms with E-state index in [9.17, 15) is 13.6 Å². The quantitative estimate of drug-likeness (QED) is 0.629. The SMILES string of the molecule is COc1ccc(-c2nc(C(=O)NCc3ccc(F)cc3F)c(CN)o2)cc1OC. The number of carbonyl (C=O) groups is 1. The molecule has 7 nitrogen and oxygen atoms in total. The minimum absolute atomic E-state index is 0.0141. The second-order valence-corrected chi connectivity index (χ2v) is 5.98. The number of nitrogens with one attached hydrogen (secondary N) is 1. The van der Waals surface area contributed by atoms with E-state index in [-0.39, 0.29) is 36.0 Å². The van der Waals surface area contributed by atoms with Gasteiger partial charge in [-0.05, 0) is 24.3 Å². The summed E-state index contributed by atoms with van der Waals surface area (Å²) in [6.45, 7) is -0.207. The number of nitrogens with two attached hydrogens (primary N) is 1. The topological polar surface area (TPSA) is 99.6 Å². The van der Waals surface area contributed by atoms with Crippen LogP contribution in [0.5, 0.6) is 11.5 Å². The van der Waals surface area contributed by atoms with Gasteiger partial charge in [-0.1, -0.05) is 6.07 Å². The minimum atomic E-state index is -0.754. The maximum atomic E-state index is 13.7. The van der Waals surface area contributed by atoms with Gasteiger partial charge in [0, 0.05) is 23.7 Å². The molecule has 0 atom stereocenters. The molecule has 1 amide bonds. The van der Waals surface area contributed by atoms with Gasteiger partial charge in [-0.25, -0.2) is 13.8 Å². The molecule has 0 unspecified atom stereocenters. The number of amides is 1. The highest BCUT2D eigenvalue weighted by atomic mass is 19.1. The maximum Gasteiger partial charge on any atom is 0.273 e. The van der Waals surface area contributed by atoms with E-state index in [1.54, 1.807) is 18.2 Å². The smallest absolute Gasteiger partial charge is 0.273 e. The summed E-state index contributed by atoms with van der Waals surface area (Å²) in [5, 5.41) is 2.53. The van der Waals surface area contributed by atoms with Gasteiger partial charge >= 0.3 is 0 Å². The van der Waals surface area contributed by atoms with E-state index >= 15 is 0 Å². The number of halogens is 2. The van der Waals surface area contributed by atoms with Crippen molar-refractivity contribution >= 4 is 5.91 Å². The fourth-order valence-electron chi connectivity index (χ4n) is 2.68. The fraction of sp³-hybridized carbons (Fsp3) is 0.200. The number of aromatic nitrogens is 1. The number of carbonyl (C=O) groups excluding carboxylic acids is 1. The lowest BCUT2D eigenvalue weighted by atomic mass is 10.2. The third kappa shape index (κ3) is 4.35. The molecule has 9 heteroatoms. The molecule has 0 saturated heterocycles. The van der Waals surface area contributed by atoms with Gasteiger partial charge in [0.2, 0.25) is 5.89 Å². The van der Waals surface area contributed by atoms with Crippen LogP contribution >= 0.6 is 0 Å². The summed E-state index contributed by atoms with van der Waals surface area (Å²) in [4.78, 5) is 16.7. The number of nitrogens with zero attached hydrogens (tertiary/aromatic N) is 1. The van der Waals surface area contributed by atoms with Crippen molar-refractivity contribution in [1.29, 1.82) is 0 Å². The zero-order chi connectivity index (χ0) is 21.0. The molecule has 0 aliphatic heterocycles. The van der Waals surface area contributed by atoms with Crippen molar-refractivity contribution in [1.82, 2.24) is 10.3 Å². The standard InChI is InChI=1S/C20H19F2N3O4/c1-27-15-6-4-11(7-16(15)28-2)20-25-18(17(9-23)29-20)19(26)24-10-12-3-5-13(21)8-14(12)22/h3-8H,9-10,23H2,1-2H3,(H,24,26). The van der Waals surface area contributed by atoms with Gasteiger partial charge in [0.15, 0.2) is 23.0 Å². The van der Waals surface area contributed by atoms with E-state index in [2.05, 4.69) is 10.3 Å². The van der Waals surface area contributed by atoms with Crippen LogP contribution in [0.15, 0.2) is 40.8 Å². The van der Waals surface area contributed by atoms with Crippen LogP contribution in [0.4, 0.5) is 8.78 Å². The average Bonchev–Trinajstić information content (AvgIpc) is 3.17. The summed E-state index contributed by atoms with van der Waals surface area (Å²) < 4.78 is 42.8. The highest BCUT2D eigenvalue weighted by Gasteiger charge is 2.21. The Morgan fingerprint density at radius 2 is 1.90 bits per heavy atom. The second kappa shape index (κ2) is 8.70. The molecule has 0 aliphatic carbocycles. The Morgan fingerprint density at radius 1 is 1.14 bits per heavy atom. The van der Waals surface area contributed by atoms with Crippen LogP contribution in [0.2, 0.25) is 0 Å². The number of oxazole rings is 1. The summed E-state index contributed by atoms with van der Waals surface area (Å²) in [5.74, 6) is -0.702. The van der Waals surface area contributed by atoms with Crippen molar-refractivity contribution in [3.8, 4) is 23.0 Å². The summed E-state index contributed by atoms with van der Waals surface area (Å²) >= 11 is 0. The lowest BCUT2D eigenvalue weighted by Gasteiger charge is -2.07. The van der Waals surface area contributed by atoms with Crippen LogP contribution in [0.3, 0.4) is 0 Å². The summed E-state index contributed by atoms with van der Waals surface area (Å²) in [6.07, 6.45) is 0. The predicted molar refractivity (Wildman–Crippen MR) is 100 cm³/mol. The Labute approximate surface area is 165 Å². The average molecular weight is 403 g/mol. The van der Waals surface area contributed by atoms with E-state index in [1.807, 2.05) is 0 Å². The van der Waals surface area contributed by atoms with Gasteiger partial charge in [-0.3, -0.25) is 4.79 Å². The maximum absolute atomic E-state index is 13.7. The number of benzene rings is 2. The number of ether oxygens (including phenoxy) is 2. The molecule has 0 radical (unpaired) electrons. The van der Waals surface area contributed by atoms with Crippen molar-refractivity contribution in [3.05, 3.63) is 65.1 Å². The Hall–Kier alpha value is -3.46. The molecular weight excluding hydrogens is 384 g/mol. The van der Waals surface area contributed by atoms with Crippen LogP contribution in [0.25, 0.3) is 11.5 Å². The van der Waals surface area contributed by atoms with Crippen LogP contribution in [0.1, 0.15) is 21.8 Å². The summed E-state index contributed by atoms with van der Waals surface area (Å²) in [6, 6.07) is 8.15. The molecular formula is C20H19F2N3O4. The second-order valence-electron chi connectivity index (χ2n) is 5.98. The zero-order valence-corrected chi connectivity index (χ0v) is 15.8. The Balaban J connectivity index is 1.83. The number of methoxy groups -OCH3 is 2. The van der Waals surface area contributed by atoms with E-state index < -0.39 is 17.5 Å². The number of hydrogen-bond donors (Lipinski definition) is 2. The van der Waals surface area contributed by atoms with E-state index in [4.69, 9.17) is 19.6 Å². The van der Waals surface area contributed by atoms with Crippen molar-refractivity contribution in [2.24, 2.45) is 5.73 Å². The van der Waals surface area contributed by atoms with E-state index in [1.165, 1.54) is 20.3 Å². The van der Waals surface area contributed by atoms with Gasteiger partial charge in [-0.15, -0.1) is 0 Å². The normalized spacial score (nSPS) is 10.7. The largest absolute Gasteiger partial charge is 0.493 e. The van der Waals surface area contributed by atoms with E-state index in [0.717, 1.165) is 12.1 Å². The van der Waals surface area contributed by atoms with Gasteiger partial charge in [-0.2, -0.15) is 0 Å². The van der Waals surface area contributed by atoms with Crippen LogP contribution < -0.4 is 20.5 Å². The van der Waals surface area contributed by atoms with Crippen LogP contribution in [-0.2, 0) is 13.1 Å². The fourth-order valence-corrected chi connectivity index (χ4v) is 2.68. The van der Waals surface area contributed by atoms with Crippen molar-refractivity contribution in [2.75, 3.05) is 14.2 Å². The Kier molecular flexibility index (Phi) is 6.08. The van der Waals surface area contributed by atoms with Gasteiger partial charge in [0.1, 0.15) is 11.6 Å². The lowest BCUT2D eigenvalue weighted by molar-refractivity contribution is 0.0944. The van der Waals surface area contributed by atoms with Crippen LogP contribution in [-0.4, -0.2) is 25.1 Å². The molecule has 0 bridgehead atoms. The van der Waals surface area contributed by atoms with Gasteiger partial charge in [0.05, 0.1) is 20.8 Å². The minimum Gasteiger partial charge on any atom is -0.493 e. The first-order valence-electron chi connectivity index (χ1n) is 8.61. The summed E-state index contributed by atoms with van der Waals surface area (Å²) in [5.41, 5.74) is 6.35. The molecule has 0 spiro atoms. The van der Waals surface area contributed by atoms with Crippen molar-refractivity contribution in [2.45, 2.75) is 13.1 Å². The summed E-state index contributed by atoms with van der Waals surface area (Å²) in [7, 11) is 3.01. The number of hydrogen-bond acceptors (Lipinski definition) is 6. The first-order chi connectivity index (χ1) is 14.0. The lowest BCUT2D eigenvalue weighted by Crippen LogP contribution is -2.25. The first-order valence-corrected chi connectivity index (χ1v) is 8.61.